The van der Waals surface area contributed by atoms with Crippen LogP contribution in [0.2, 0.25) is 0 Å². The number of nitrogens with zero attached hydrogens (tertiary/aromatic N) is 3. The minimum Gasteiger partial charge on any atom is -0.473 e. The van der Waals surface area contributed by atoms with Gasteiger partial charge in [-0.25, -0.2) is 19.2 Å². The zero-order chi connectivity index (χ0) is 31.2. The Balaban J connectivity index is 0.000000359. The largest absolute Gasteiger partial charge is 0.473 e. The molecular weight excluding hydrogens is 554 g/mol. The van der Waals surface area contributed by atoms with Crippen LogP contribution >= 0.6 is 0 Å². The van der Waals surface area contributed by atoms with Gasteiger partial charge in [-0.05, 0) is 43.9 Å². The summed E-state index contributed by atoms with van der Waals surface area (Å²) in [7, 11) is 0. The molecule has 0 spiro atoms. The van der Waals surface area contributed by atoms with Gasteiger partial charge in [0.1, 0.15) is 0 Å². The third-order valence-corrected chi connectivity index (χ3v) is 7.86. The summed E-state index contributed by atoms with van der Waals surface area (Å²) in [5.41, 5.74) is 4.03. The Bertz CT molecular complexity index is 1300. The molecule has 1 aliphatic carbocycles. The number of benzene rings is 2. The van der Waals surface area contributed by atoms with Crippen molar-refractivity contribution in [2.75, 3.05) is 32.7 Å². The zero-order valence-corrected chi connectivity index (χ0v) is 24.3. The Hall–Kier alpha value is -4.22. The van der Waals surface area contributed by atoms with Crippen LogP contribution in [-0.2, 0) is 25.7 Å². The summed E-state index contributed by atoms with van der Waals surface area (Å²) in [6, 6.07) is 20.6. The van der Waals surface area contributed by atoms with Gasteiger partial charge in [0, 0.05) is 61.4 Å². The molecule has 3 aromatic rings. The number of hydrogen-bond donors (Lipinski definition) is 4. The molecule has 1 aromatic heterocycles. The molecule has 2 fully saturated rings. The van der Waals surface area contributed by atoms with E-state index < -0.39 is 23.9 Å². The van der Waals surface area contributed by atoms with Gasteiger partial charge >= 0.3 is 23.9 Å². The van der Waals surface area contributed by atoms with E-state index in [4.69, 9.17) is 39.6 Å². The Morgan fingerprint density at radius 2 is 1.19 bits per heavy atom. The van der Waals surface area contributed by atoms with Crippen LogP contribution in [0.3, 0.4) is 0 Å². The lowest BCUT2D eigenvalue weighted by molar-refractivity contribution is -0.159. The highest BCUT2D eigenvalue weighted by Crippen LogP contribution is 2.30. The maximum Gasteiger partial charge on any atom is 0.414 e. The third kappa shape index (κ3) is 10.5. The van der Waals surface area contributed by atoms with Gasteiger partial charge < -0.3 is 29.9 Å². The monoisotopic (exact) mass is 595 g/mol. The van der Waals surface area contributed by atoms with Crippen LogP contribution in [0.5, 0.6) is 0 Å². The molecule has 2 aromatic carbocycles. The summed E-state index contributed by atoms with van der Waals surface area (Å²) < 4.78 is 2.47. The van der Waals surface area contributed by atoms with E-state index in [1.165, 1.54) is 99.7 Å². The van der Waals surface area contributed by atoms with Crippen molar-refractivity contribution in [3.63, 3.8) is 0 Å². The van der Waals surface area contributed by atoms with Crippen LogP contribution in [0.4, 0.5) is 0 Å². The maximum absolute atomic E-state index is 9.10. The van der Waals surface area contributed by atoms with Crippen LogP contribution in [0.15, 0.2) is 60.8 Å². The molecule has 0 bridgehead atoms. The number of fused-ring (bicyclic) bond motifs is 1. The van der Waals surface area contributed by atoms with Crippen molar-refractivity contribution < 1.29 is 39.6 Å². The molecule has 2 aliphatic rings. The maximum atomic E-state index is 9.10. The topological polar surface area (TPSA) is 161 Å². The molecule has 11 nitrogen and oxygen atoms in total. The van der Waals surface area contributed by atoms with E-state index in [-0.39, 0.29) is 0 Å². The average molecular weight is 596 g/mol. The Kier molecular flexibility index (Phi) is 13.2. The first kappa shape index (κ1) is 33.3. The summed E-state index contributed by atoms with van der Waals surface area (Å²) in [5, 5.41) is 30.9. The molecule has 11 heteroatoms. The molecule has 4 N–H and O–H groups in total. The van der Waals surface area contributed by atoms with Crippen LogP contribution < -0.4 is 0 Å². The number of aliphatic carboxylic acids is 4. The van der Waals surface area contributed by atoms with Crippen molar-refractivity contribution in [3.8, 4) is 11.1 Å². The van der Waals surface area contributed by atoms with E-state index in [2.05, 4.69) is 75.2 Å². The molecule has 0 atom stereocenters. The first-order valence-electron chi connectivity index (χ1n) is 14.7. The van der Waals surface area contributed by atoms with Crippen molar-refractivity contribution in [1.82, 2.24) is 14.4 Å². The highest BCUT2D eigenvalue weighted by Gasteiger charge is 2.24. The molecule has 0 radical (unpaired) electrons. The number of carboxylic acid groups (broad SMARTS) is 4. The van der Waals surface area contributed by atoms with Crippen molar-refractivity contribution in [2.45, 2.75) is 57.5 Å². The number of aromatic nitrogens is 1. The lowest BCUT2D eigenvalue weighted by Crippen LogP contribution is -2.50. The summed E-state index contributed by atoms with van der Waals surface area (Å²) in [4.78, 5) is 41.9. The molecule has 2 heterocycles. The molecule has 1 saturated carbocycles. The van der Waals surface area contributed by atoms with E-state index in [1.807, 2.05) is 0 Å². The number of aryl methyl sites for hydroxylation is 1. The second-order valence-corrected chi connectivity index (χ2v) is 10.7. The number of hydrogen-bond acceptors (Lipinski definition) is 6. The number of carboxylic acids is 4. The minimum absolute atomic E-state index is 0.886. The van der Waals surface area contributed by atoms with E-state index in [0.717, 1.165) is 12.6 Å². The van der Waals surface area contributed by atoms with Gasteiger partial charge in [0.25, 0.3) is 0 Å². The molecular formula is C32H41N3O8. The molecule has 0 amide bonds. The second kappa shape index (κ2) is 17.0. The van der Waals surface area contributed by atoms with E-state index in [1.54, 1.807) is 0 Å². The number of unbranched alkanes of at least 4 members (excludes halogenated alkanes) is 1. The predicted molar refractivity (Wildman–Crippen MR) is 162 cm³/mol. The summed E-state index contributed by atoms with van der Waals surface area (Å²) >= 11 is 0. The van der Waals surface area contributed by atoms with E-state index in [9.17, 15) is 0 Å². The normalized spacial score (nSPS) is 15.9. The van der Waals surface area contributed by atoms with Crippen molar-refractivity contribution >= 4 is 34.8 Å². The van der Waals surface area contributed by atoms with Crippen molar-refractivity contribution in [2.24, 2.45) is 0 Å². The van der Waals surface area contributed by atoms with Crippen LogP contribution in [0.25, 0.3) is 22.0 Å². The zero-order valence-electron chi connectivity index (χ0n) is 24.3. The smallest absolute Gasteiger partial charge is 0.414 e. The number of rotatable bonds is 7. The molecule has 232 valence electrons. The summed E-state index contributed by atoms with van der Waals surface area (Å²) in [6.45, 7) is 7.46. The predicted octanol–water partition coefficient (Wildman–Crippen LogP) is 4.35. The fourth-order valence-corrected chi connectivity index (χ4v) is 5.70. The first-order chi connectivity index (χ1) is 20.7. The number of piperazine rings is 1. The summed E-state index contributed by atoms with van der Waals surface area (Å²) in [6.07, 6.45) is 12.1. The number of para-hydroxylation sites is 1. The molecule has 43 heavy (non-hydrogen) atoms. The Morgan fingerprint density at radius 1 is 0.651 bits per heavy atom. The van der Waals surface area contributed by atoms with Crippen molar-refractivity contribution in [1.29, 1.82) is 0 Å². The van der Waals surface area contributed by atoms with Gasteiger partial charge in [0.2, 0.25) is 0 Å². The van der Waals surface area contributed by atoms with Crippen LogP contribution in [0.1, 0.15) is 44.9 Å². The highest BCUT2D eigenvalue weighted by molar-refractivity contribution is 6.27. The van der Waals surface area contributed by atoms with Crippen LogP contribution in [0, 0.1) is 0 Å². The van der Waals surface area contributed by atoms with Gasteiger partial charge in [-0.1, -0.05) is 67.8 Å². The van der Waals surface area contributed by atoms with E-state index in [0.29, 0.717) is 0 Å². The standard InChI is InChI=1S/C28H37N3.2C2H2O4/c1-3-11-24(12-4-1)27-23-31(28-16-8-7-15-26(27)28)18-10-9-17-29-19-21-30(22-20-29)25-13-5-2-6-14-25;2*3-1(4)2(5)6/h1,3-4,7-8,11-12,15-16,23,25H,2,5-6,9-10,13-14,17-22H2;2*(H,3,4)(H,5,6). The number of carbonyl (C=O) groups is 4. The Morgan fingerprint density at radius 3 is 1.77 bits per heavy atom. The first-order valence-corrected chi connectivity index (χ1v) is 14.7. The molecule has 1 aliphatic heterocycles. The lowest BCUT2D eigenvalue weighted by atomic mass is 9.94. The second-order valence-electron chi connectivity index (χ2n) is 10.7. The highest BCUT2D eigenvalue weighted by atomic mass is 16.4. The Labute approximate surface area is 251 Å². The SMILES string of the molecule is O=C(O)C(=O)O.O=C(O)C(=O)O.c1ccc(-c2cn(CCCCN3CCN(C4CCCCC4)CC3)c3ccccc23)cc1. The van der Waals surface area contributed by atoms with E-state index >= 15 is 0 Å². The van der Waals surface area contributed by atoms with Gasteiger partial charge in [0.05, 0.1) is 0 Å². The molecule has 0 unspecified atom stereocenters. The fourth-order valence-electron chi connectivity index (χ4n) is 5.70. The average Bonchev–Trinajstić information content (AvgIpc) is 3.39. The van der Waals surface area contributed by atoms with Gasteiger partial charge in [0.15, 0.2) is 0 Å². The van der Waals surface area contributed by atoms with Crippen molar-refractivity contribution in [3.05, 3.63) is 60.8 Å². The molecule has 5 rings (SSSR count). The lowest BCUT2D eigenvalue weighted by Gasteiger charge is -2.40. The third-order valence-electron chi connectivity index (χ3n) is 7.86. The van der Waals surface area contributed by atoms with Gasteiger partial charge in [-0.2, -0.15) is 0 Å². The quantitative estimate of drug-likeness (QED) is 0.228. The molecule has 1 saturated heterocycles. The summed E-state index contributed by atoms with van der Waals surface area (Å²) in [5.74, 6) is -7.30. The van der Waals surface area contributed by atoms with Gasteiger partial charge in [-0.15, -0.1) is 0 Å². The fraction of sp³-hybridized carbons (Fsp3) is 0.438. The van der Waals surface area contributed by atoms with Crippen LogP contribution in [-0.4, -0.2) is 97.4 Å². The minimum atomic E-state index is -1.82. The van der Waals surface area contributed by atoms with Gasteiger partial charge in [-0.3, -0.25) is 4.90 Å².